The molecule has 4 aromatic carbocycles. The molecule has 1 heterocycles. The number of primary amides is 1. The van der Waals surface area contributed by atoms with Crippen molar-refractivity contribution in [3.05, 3.63) is 114 Å². The van der Waals surface area contributed by atoms with E-state index in [1.165, 1.54) is 0 Å². The molecule has 0 bridgehead atoms. The number of para-hydroxylation sites is 2. The van der Waals surface area contributed by atoms with Crippen LogP contribution in [0.5, 0.6) is 11.5 Å². The number of rotatable bonds is 13. The monoisotopic (exact) mass is 629 g/mol. The Morgan fingerprint density at radius 2 is 1.57 bits per heavy atom. The molecule has 0 aromatic heterocycles. The number of hydrogen-bond donors (Lipinski definition) is 2. The summed E-state index contributed by atoms with van der Waals surface area (Å²) in [7, 11) is 0. The summed E-state index contributed by atoms with van der Waals surface area (Å²) in [6, 6.07) is 32.0. The van der Waals surface area contributed by atoms with Crippen molar-refractivity contribution in [2.75, 3.05) is 4.90 Å². The van der Waals surface area contributed by atoms with E-state index in [-0.39, 0.29) is 18.4 Å². The maximum absolute atomic E-state index is 14.8. The fourth-order valence-electron chi connectivity index (χ4n) is 6.91. The molecule has 1 unspecified atom stereocenters. The summed E-state index contributed by atoms with van der Waals surface area (Å²) in [5.74, 6) is -0.354. The second kappa shape index (κ2) is 14.7. The highest BCUT2D eigenvalue weighted by atomic mass is 16.5. The summed E-state index contributed by atoms with van der Waals surface area (Å²) in [6.07, 6.45) is 6.10. The Morgan fingerprint density at radius 3 is 2.30 bits per heavy atom. The standard InChI is InChI=1S/C40H43N3O4/c1-2-3-19-34(38(41)44)35(25-27-13-11-14-27)39(45)42-37-33-22-8-7-20-31(33)32-21-9-10-23-36(32)43(40(37)46)26-28-15-12-18-30(24-28)47-29-16-5-4-6-17-29/h4-10,12,15-18,20-24,27,34-35,37H,2-3,11,13-14,19,25-26H2,1H3,(H2,41,44)(H,42,45)/t34-,35+,37?/m0/s1. The van der Waals surface area contributed by atoms with Crippen LogP contribution in [0.4, 0.5) is 5.69 Å². The van der Waals surface area contributed by atoms with Crippen molar-refractivity contribution in [3.8, 4) is 22.6 Å². The van der Waals surface area contributed by atoms with Crippen LogP contribution in [0.3, 0.4) is 0 Å². The Labute approximate surface area is 277 Å². The number of hydrogen-bond acceptors (Lipinski definition) is 4. The highest BCUT2D eigenvalue weighted by Crippen LogP contribution is 2.42. The van der Waals surface area contributed by atoms with Crippen LogP contribution in [0.15, 0.2) is 103 Å². The second-order valence-corrected chi connectivity index (χ2v) is 12.8. The number of nitrogens with one attached hydrogen (secondary N) is 1. The molecule has 4 aromatic rings. The first kappa shape index (κ1) is 32.0. The van der Waals surface area contributed by atoms with E-state index >= 15 is 0 Å². The molecule has 0 radical (unpaired) electrons. The maximum Gasteiger partial charge on any atom is 0.254 e. The van der Waals surface area contributed by atoms with E-state index in [4.69, 9.17) is 10.5 Å². The van der Waals surface area contributed by atoms with E-state index in [2.05, 4.69) is 12.2 Å². The van der Waals surface area contributed by atoms with Gasteiger partial charge in [0, 0.05) is 17.4 Å². The Kier molecular flexibility index (Phi) is 10.0. The van der Waals surface area contributed by atoms with Gasteiger partial charge in [-0.05, 0) is 65.8 Å². The zero-order valence-electron chi connectivity index (χ0n) is 26.9. The van der Waals surface area contributed by atoms with Gasteiger partial charge in [0.15, 0.2) is 0 Å². The Morgan fingerprint density at radius 1 is 0.872 bits per heavy atom. The summed E-state index contributed by atoms with van der Waals surface area (Å²) in [4.78, 5) is 43.6. The summed E-state index contributed by atoms with van der Waals surface area (Å²) in [5, 5.41) is 3.16. The zero-order valence-corrected chi connectivity index (χ0v) is 26.9. The number of amides is 3. The molecule has 7 heteroatoms. The fraction of sp³-hybridized carbons (Fsp3) is 0.325. The number of nitrogens with two attached hydrogens (primary N) is 1. The molecule has 3 N–H and O–H groups in total. The fourth-order valence-corrected chi connectivity index (χ4v) is 6.91. The summed E-state index contributed by atoms with van der Waals surface area (Å²) >= 11 is 0. The van der Waals surface area contributed by atoms with Gasteiger partial charge in [0.05, 0.1) is 12.2 Å². The van der Waals surface area contributed by atoms with Crippen molar-refractivity contribution in [3.63, 3.8) is 0 Å². The number of unbranched alkanes of at least 4 members (excludes halogenated alkanes) is 1. The topological polar surface area (TPSA) is 102 Å². The average Bonchev–Trinajstić information content (AvgIpc) is 3.15. The number of carbonyl (C=O) groups is 3. The van der Waals surface area contributed by atoms with E-state index in [1.54, 1.807) is 4.90 Å². The van der Waals surface area contributed by atoms with Crippen molar-refractivity contribution < 1.29 is 19.1 Å². The smallest absolute Gasteiger partial charge is 0.254 e. The minimum atomic E-state index is -0.946. The number of nitrogens with zero attached hydrogens (tertiary/aromatic N) is 1. The molecule has 3 amide bonds. The molecule has 7 nitrogen and oxygen atoms in total. The van der Waals surface area contributed by atoms with E-state index in [0.29, 0.717) is 24.5 Å². The molecule has 0 spiro atoms. The first-order valence-corrected chi connectivity index (χ1v) is 16.8. The van der Waals surface area contributed by atoms with Gasteiger partial charge in [-0.15, -0.1) is 0 Å². The van der Waals surface area contributed by atoms with Crippen molar-refractivity contribution >= 4 is 23.4 Å². The quantitative estimate of drug-likeness (QED) is 0.157. The zero-order chi connectivity index (χ0) is 32.8. The predicted molar refractivity (Wildman–Crippen MR) is 185 cm³/mol. The molecule has 2 aliphatic rings. The highest BCUT2D eigenvalue weighted by molar-refractivity contribution is 6.06. The summed E-state index contributed by atoms with van der Waals surface area (Å²) in [5.41, 5.74) is 10.1. The molecule has 6 rings (SSSR count). The second-order valence-electron chi connectivity index (χ2n) is 12.8. The van der Waals surface area contributed by atoms with Gasteiger partial charge in [-0.25, -0.2) is 0 Å². The van der Waals surface area contributed by atoms with E-state index in [1.807, 2.05) is 103 Å². The largest absolute Gasteiger partial charge is 0.457 e. The predicted octanol–water partition coefficient (Wildman–Crippen LogP) is 7.95. The molecule has 1 saturated carbocycles. The normalized spacial score (nSPS) is 17.0. The lowest BCUT2D eigenvalue weighted by molar-refractivity contribution is -0.136. The minimum Gasteiger partial charge on any atom is -0.457 e. The van der Waals surface area contributed by atoms with Gasteiger partial charge in [0.25, 0.3) is 5.91 Å². The highest BCUT2D eigenvalue weighted by Gasteiger charge is 2.40. The van der Waals surface area contributed by atoms with Crippen LogP contribution in [0.25, 0.3) is 11.1 Å². The van der Waals surface area contributed by atoms with E-state index < -0.39 is 23.8 Å². The molecule has 1 aliphatic heterocycles. The molecule has 242 valence electrons. The molecule has 47 heavy (non-hydrogen) atoms. The van der Waals surface area contributed by atoms with Crippen LogP contribution >= 0.6 is 0 Å². The first-order valence-electron chi connectivity index (χ1n) is 16.8. The molecular formula is C40H43N3O4. The number of anilines is 1. The third kappa shape index (κ3) is 7.25. The average molecular weight is 630 g/mol. The molecule has 3 atom stereocenters. The van der Waals surface area contributed by atoms with Crippen LogP contribution in [0, 0.1) is 17.8 Å². The van der Waals surface area contributed by atoms with Crippen molar-refractivity contribution in [1.82, 2.24) is 5.32 Å². The third-order valence-electron chi connectivity index (χ3n) is 9.64. The lowest BCUT2D eigenvalue weighted by atomic mass is 9.73. The van der Waals surface area contributed by atoms with Crippen LogP contribution in [0.2, 0.25) is 0 Å². The van der Waals surface area contributed by atoms with Gasteiger partial charge in [-0.1, -0.05) is 112 Å². The van der Waals surface area contributed by atoms with Gasteiger partial charge >= 0.3 is 0 Å². The first-order chi connectivity index (χ1) is 22.9. The number of fused-ring (bicyclic) bond motifs is 3. The van der Waals surface area contributed by atoms with E-state index in [0.717, 1.165) is 65.8 Å². The van der Waals surface area contributed by atoms with Crippen LogP contribution in [0.1, 0.15) is 69.0 Å². The van der Waals surface area contributed by atoms with Gasteiger partial charge in [-0.3, -0.25) is 14.4 Å². The van der Waals surface area contributed by atoms with Gasteiger partial charge in [-0.2, -0.15) is 0 Å². The molecule has 0 saturated heterocycles. The maximum atomic E-state index is 14.8. The van der Waals surface area contributed by atoms with Gasteiger partial charge < -0.3 is 20.7 Å². The van der Waals surface area contributed by atoms with Crippen molar-refractivity contribution in [2.45, 2.75) is 64.5 Å². The van der Waals surface area contributed by atoms with Crippen LogP contribution in [-0.2, 0) is 20.9 Å². The van der Waals surface area contributed by atoms with Crippen LogP contribution < -0.4 is 20.7 Å². The number of carbonyl (C=O) groups excluding carboxylic acids is 3. The molecule has 1 fully saturated rings. The molecule has 1 aliphatic carbocycles. The molecular weight excluding hydrogens is 586 g/mol. The minimum absolute atomic E-state index is 0.239. The SMILES string of the molecule is CCCC[C@H](C(N)=O)[C@@H](CC1CCC1)C(=O)NC1C(=O)N(Cc2cccc(Oc3ccccc3)c2)c2ccccc2-c2ccccc21. The number of ether oxygens (including phenoxy) is 1. The number of benzene rings is 4. The Hall–Kier alpha value is -4.91. The lowest BCUT2D eigenvalue weighted by Crippen LogP contribution is -2.47. The van der Waals surface area contributed by atoms with Crippen molar-refractivity contribution in [1.29, 1.82) is 0 Å². The van der Waals surface area contributed by atoms with Gasteiger partial charge in [0.1, 0.15) is 17.5 Å². The lowest BCUT2D eigenvalue weighted by Gasteiger charge is -2.33. The van der Waals surface area contributed by atoms with E-state index in [9.17, 15) is 14.4 Å². The van der Waals surface area contributed by atoms with Crippen molar-refractivity contribution in [2.24, 2.45) is 23.5 Å². The Bertz CT molecular complexity index is 1720. The van der Waals surface area contributed by atoms with Crippen LogP contribution in [-0.4, -0.2) is 17.7 Å². The third-order valence-corrected chi connectivity index (χ3v) is 9.64. The summed E-state index contributed by atoms with van der Waals surface area (Å²) in [6.45, 7) is 2.34. The van der Waals surface area contributed by atoms with Gasteiger partial charge in [0.2, 0.25) is 11.8 Å². The summed E-state index contributed by atoms with van der Waals surface area (Å²) < 4.78 is 6.10. The Balaban J connectivity index is 1.35.